The molecule has 0 N–H and O–H groups in total. The molecule has 2 fully saturated rings. The molecule has 0 spiro atoms. The summed E-state index contributed by atoms with van der Waals surface area (Å²) in [7, 11) is -3.41. The van der Waals surface area contributed by atoms with Crippen molar-refractivity contribution in [3.63, 3.8) is 0 Å². The van der Waals surface area contributed by atoms with Gasteiger partial charge in [0.05, 0.1) is 16.5 Å². The number of hydrogen-bond acceptors (Lipinski definition) is 3. The van der Waals surface area contributed by atoms with Gasteiger partial charge in [-0.2, -0.15) is 9.57 Å². The van der Waals surface area contributed by atoms with Crippen LogP contribution < -0.4 is 0 Å². The Kier molecular flexibility index (Phi) is 3.53. The summed E-state index contributed by atoms with van der Waals surface area (Å²) >= 11 is 0. The third kappa shape index (κ3) is 3.02. The number of nitriles is 1. The number of sulfonamides is 1. The van der Waals surface area contributed by atoms with Crippen molar-refractivity contribution in [2.24, 2.45) is 11.8 Å². The Morgan fingerprint density at radius 1 is 1.05 bits per heavy atom. The van der Waals surface area contributed by atoms with Gasteiger partial charge in [0.15, 0.2) is 0 Å². The van der Waals surface area contributed by atoms with Crippen molar-refractivity contribution in [2.45, 2.75) is 30.6 Å². The molecule has 1 aromatic rings. The fraction of sp³-hybridized carbons (Fsp3) is 0.533. The Bertz CT molecular complexity index is 609. The minimum atomic E-state index is -3.41. The van der Waals surface area contributed by atoms with Gasteiger partial charge in [-0.3, -0.25) is 0 Å². The number of benzene rings is 1. The third-order valence-electron chi connectivity index (χ3n) is 3.94. The van der Waals surface area contributed by atoms with Crippen molar-refractivity contribution in [1.29, 1.82) is 5.26 Å². The highest BCUT2D eigenvalue weighted by molar-refractivity contribution is 7.89. The maximum atomic E-state index is 12.7. The molecule has 5 heteroatoms. The second-order valence-corrected chi connectivity index (χ2v) is 7.78. The van der Waals surface area contributed by atoms with Crippen LogP contribution in [0.2, 0.25) is 0 Å². The van der Waals surface area contributed by atoms with Gasteiger partial charge in [-0.1, -0.05) is 0 Å². The van der Waals surface area contributed by atoms with Crippen molar-refractivity contribution in [2.75, 3.05) is 13.1 Å². The SMILES string of the molecule is N#Cc1ccc(S(=O)(=O)N(CC2CC2)CC2CC2)cc1. The van der Waals surface area contributed by atoms with E-state index in [1.807, 2.05) is 6.07 Å². The van der Waals surface area contributed by atoms with Crippen molar-refractivity contribution >= 4 is 10.0 Å². The van der Waals surface area contributed by atoms with E-state index in [0.717, 1.165) is 25.7 Å². The van der Waals surface area contributed by atoms with Crippen molar-refractivity contribution < 1.29 is 8.42 Å². The van der Waals surface area contributed by atoms with E-state index in [2.05, 4.69) is 0 Å². The van der Waals surface area contributed by atoms with Gasteiger partial charge in [0.25, 0.3) is 0 Å². The van der Waals surface area contributed by atoms with Gasteiger partial charge in [0, 0.05) is 13.1 Å². The zero-order valence-corrected chi connectivity index (χ0v) is 12.1. The van der Waals surface area contributed by atoms with Gasteiger partial charge >= 0.3 is 0 Å². The van der Waals surface area contributed by atoms with E-state index in [-0.39, 0.29) is 0 Å². The molecule has 0 aromatic heterocycles. The summed E-state index contributed by atoms with van der Waals surface area (Å²) in [4.78, 5) is 0.304. The average molecular weight is 290 g/mol. The molecule has 1 aromatic carbocycles. The molecule has 0 bridgehead atoms. The van der Waals surface area contributed by atoms with Gasteiger partial charge in [0.2, 0.25) is 10.0 Å². The Labute approximate surface area is 120 Å². The van der Waals surface area contributed by atoms with Crippen LogP contribution in [-0.4, -0.2) is 25.8 Å². The maximum Gasteiger partial charge on any atom is 0.243 e. The van der Waals surface area contributed by atoms with E-state index in [1.165, 1.54) is 0 Å². The molecule has 106 valence electrons. The highest BCUT2D eigenvalue weighted by Gasteiger charge is 2.35. The molecule has 4 nitrogen and oxygen atoms in total. The molecule has 3 rings (SSSR count). The van der Waals surface area contributed by atoms with Crippen molar-refractivity contribution in [1.82, 2.24) is 4.31 Å². The first-order chi connectivity index (χ1) is 9.59. The lowest BCUT2D eigenvalue weighted by molar-refractivity contribution is 0.382. The van der Waals surface area contributed by atoms with Crippen LogP contribution in [0.15, 0.2) is 29.2 Å². The Morgan fingerprint density at radius 2 is 1.55 bits per heavy atom. The molecular weight excluding hydrogens is 272 g/mol. The molecular formula is C15H18N2O2S. The monoisotopic (exact) mass is 290 g/mol. The fourth-order valence-corrected chi connectivity index (χ4v) is 3.89. The average Bonchev–Trinajstić information content (AvgIpc) is 3.33. The second-order valence-electron chi connectivity index (χ2n) is 5.84. The van der Waals surface area contributed by atoms with Gasteiger partial charge in [0.1, 0.15) is 0 Å². The molecule has 0 amide bonds. The van der Waals surface area contributed by atoms with Crippen LogP contribution in [0.1, 0.15) is 31.2 Å². The lowest BCUT2D eigenvalue weighted by Gasteiger charge is -2.22. The molecule has 2 saturated carbocycles. The molecule has 2 aliphatic rings. The summed E-state index contributed by atoms with van der Waals surface area (Å²) in [6, 6.07) is 8.23. The van der Waals surface area contributed by atoms with E-state index in [4.69, 9.17) is 5.26 Å². The summed E-state index contributed by atoms with van der Waals surface area (Å²) in [5.41, 5.74) is 0.486. The normalized spacial score (nSPS) is 19.0. The molecule has 0 radical (unpaired) electrons. The lowest BCUT2D eigenvalue weighted by Crippen LogP contribution is -2.34. The number of nitrogens with zero attached hydrogens (tertiary/aromatic N) is 2. The first-order valence-electron chi connectivity index (χ1n) is 7.10. The molecule has 0 unspecified atom stereocenters. The van der Waals surface area contributed by atoms with E-state index in [1.54, 1.807) is 28.6 Å². The van der Waals surface area contributed by atoms with Crippen LogP contribution in [0.4, 0.5) is 0 Å². The first-order valence-corrected chi connectivity index (χ1v) is 8.54. The molecule has 0 heterocycles. The van der Waals surface area contributed by atoms with Crippen LogP contribution in [0.3, 0.4) is 0 Å². The summed E-state index contributed by atoms with van der Waals surface area (Å²) in [6.45, 7) is 1.30. The van der Waals surface area contributed by atoms with Crippen LogP contribution >= 0.6 is 0 Å². The zero-order chi connectivity index (χ0) is 14.2. The topological polar surface area (TPSA) is 61.2 Å². The maximum absolute atomic E-state index is 12.7. The quantitative estimate of drug-likeness (QED) is 0.808. The fourth-order valence-electron chi connectivity index (χ4n) is 2.30. The van der Waals surface area contributed by atoms with Gasteiger partial charge in [-0.05, 0) is 61.8 Å². The summed E-state index contributed by atoms with van der Waals surface area (Å²) < 4.78 is 27.1. The number of rotatable bonds is 6. The highest BCUT2D eigenvalue weighted by Crippen LogP contribution is 2.35. The predicted molar refractivity (Wildman–Crippen MR) is 75.4 cm³/mol. The van der Waals surface area contributed by atoms with Crippen LogP contribution in [0, 0.1) is 23.2 Å². The van der Waals surface area contributed by atoms with E-state index < -0.39 is 10.0 Å². The summed E-state index contributed by atoms with van der Waals surface area (Å²) in [5, 5.41) is 8.79. The van der Waals surface area contributed by atoms with Crippen molar-refractivity contribution in [3.05, 3.63) is 29.8 Å². The molecule has 2 aliphatic carbocycles. The Hall–Kier alpha value is -1.38. The van der Waals surface area contributed by atoms with Gasteiger partial charge in [-0.25, -0.2) is 8.42 Å². The Morgan fingerprint density at radius 3 is 1.95 bits per heavy atom. The third-order valence-corrected chi connectivity index (χ3v) is 5.78. The number of hydrogen-bond donors (Lipinski definition) is 0. The molecule has 0 aliphatic heterocycles. The molecule has 0 saturated heterocycles. The Balaban J connectivity index is 1.83. The van der Waals surface area contributed by atoms with E-state index in [0.29, 0.717) is 35.4 Å². The van der Waals surface area contributed by atoms with Gasteiger partial charge < -0.3 is 0 Å². The second kappa shape index (κ2) is 5.19. The smallest absolute Gasteiger partial charge is 0.207 e. The van der Waals surface area contributed by atoms with E-state index in [9.17, 15) is 8.42 Å². The van der Waals surface area contributed by atoms with Crippen LogP contribution in [0.25, 0.3) is 0 Å². The summed E-state index contributed by atoms with van der Waals surface area (Å²) in [5.74, 6) is 1.09. The molecule has 20 heavy (non-hydrogen) atoms. The van der Waals surface area contributed by atoms with E-state index >= 15 is 0 Å². The minimum absolute atomic E-state index is 0.304. The zero-order valence-electron chi connectivity index (χ0n) is 11.3. The lowest BCUT2D eigenvalue weighted by atomic mass is 10.2. The standard InChI is InChI=1S/C15H18N2O2S/c16-9-12-5-7-15(8-6-12)20(18,19)17(10-13-1-2-13)11-14-3-4-14/h5-8,13-14H,1-4,10-11H2. The molecule has 0 atom stereocenters. The largest absolute Gasteiger partial charge is 0.243 e. The van der Waals surface area contributed by atoms with Crippen LogP contribution in [0.5, 0.6) is 0 Å². The minimum Gasteiger partial charge on any atom is -0.207 e. The first kappa shape index (κ1) is 13.6. The van der Waals surface area contributed by atoms with Crippen LogP contribution in [-0.2, 0) is 10.0 Å². The summed E-state index contributed by atoms with van der Waals surface area (Å²) in [6.07, 6.45) is 4.57. The predicted octanol–water partition coefficient (Wildman–Crippen LogP) is 2.37. The highest BCUT2D eigenvalue weighted by atomic mass is 32.2. The van der Waals surface area contributed by atoms with Crippen molar-refractivity contribution in [3.8, 4) is 6.07 Å². The van der Waals surface area contributed by atoms with Gasteiger partial charge in [-0.15, -0.1) is 0 Å².